The van der Waals surface area contributed by atoms with Crippen molar-refractivity contribution in [3.8, 4) is 0 Å². The molecule has 0 aromatic rings. The molecule has 24 heavy (non-hydrogen) atoms. The molecular formula is C16H26N4O4. The molecule has 3 N–H and O–H groups in total. The van der Waals surface area contributed by atoms with Crippen LogP contribution in [0.5, 0.6) is 0 Å². The molecule has 3 heterocycles. The summed E-state index contributed by atoms with van der Waals surface area (Å²) >= 11 is 0. The Morgan fingerprint density at radius 2 is 2.12 bits per heavy atom. The molecule has 3 aliphatic heterocycles. The first-order chi connectivity index (χ1) is 11.4. The fraction of sp³-hybridized carbons (Fsp3) is 0.812. The number of hydroxylamine groups is 1. The van der Waals surface area contributed by atoms with Crippen LogP contribution in [-0.2, 0) is 14.4 Å². The highest BCUT2D eigenvalue weighted by Gasteiger charge is 2.61. The zero-order valence-corrected chi connectivity index (χ0v) is 14.4. The van der Waals surface area contributed by atoms with Crippen LogP contribution in [0, 0.1) is 5.92 Å². The van der Waals surface area contributed by atoms with Gasteiger partial charge in [0.25, 0.3) is 5.91 Å². The van der Waals surface area contributed by atoms with Crippen molar-refractivity contribution in [2.45, 2.75) is 70.2 Å². The average molecular weight is 338 g/mol. The van der Waals surface area contributed by atoms with Gasteiger partial charge in [0.05, 0.1) is 18.1 Å². The van der Waals surface area contributed by atoms with E-state index in [1.54, 1.807) is 17.3 Å². The van der Waals surface area contributed by atoms with Crippen LogP contribution >= 0.6 is 0 Å². The van der Waals surface area contributed by atoms with E-state index >= 15 is 0 Å². The lowest BCUT2D eigenvalue weighted by molar-refractivity contribution is -0.137. The monoisotopic (exact) mass is 338 g/mol. The molecule has 0 saturated carbocycles. The Labute approximate surface area is 141 Å². The third kappa shape index (κ3) is 2.77. The normalized spacial score (nSPS) is 36.4. The van der Waals surface area contributed by atoms with E-state index < -0.39 is 24.0 Å². The van der Waals surface area contributed by atoms with Crippen molar-refractivity contribution in [1.82, 2.24) is 20.6 Å². The number of hydrogen-bond donors (Lipinski definition) is 3. The maximum absolute atomic E-state index is 12.7. The highest BCUT2D eigenvalue weighted by molar-refractivity contribution is 5.94. The SMILES string of the molecule is CC(C)C[C@H]1[C@@H]2[C@@H](C(=O)NO)N3CCC[C@@H]3C(=O)N[C@@H](C)C(=O)N21. The quantitative estimate of drug-likeness (QED) is 0.365. The molecule has 3 aliphatic rings. The third-order valence-corrected chi connectivity index (χ3v) is 5.34. The Balaban J connectivity index is 1.97. The van der Waals surface area contributed by atoms with Gasteiger partial charge in [0.2, 0.25) is 11.8 Å². The van der Waals surface area contributed by atoms with E-state index in [2.05, 4.69) is 19.2 Å². The number of carbonyl (C=O) groups is 3. The van der Waals surface area contributed by atoms with Crippen molar-refractivity contribution in [3.05, 3.63) is 0 Å². The van der Waals surface area contributed by atoms with Crippen molar-refractivity contribution in [1.29, 1.82) is 0 Å². The van der Waals surface area contributed by atoms with Gasteiger partial charge in [0.15, 0.2) is 0 Å². The van der Waals surface area contributed by atoms with Gasteiger partial charge < -0.3 is 10.2 Å². The molecule has 8 nitrogen and oxygen atoms in total. The van der Waals surface area contributed by atoms with E-state index in [0.717, 1.165) is 12.8 Å². The highest BCUT2D eigenvalue weighted by atomic mass is 16.5. The fourth-order valence-electron chi connectivity index (χ4n) is 4.28. The standard InChI is InChI=1S/C16H26N4O4/c1-8(2)7-11-12-13(15(22)18-24)19-6-4-5-10(19)14(21)17-9(3)16(23)20(11)12/h8-13,24H,4-7H2,1-3H3,(H,17,21)(H,18,22)/t9-,10+,11-,12+,13-,20?/m0/s1. The first-order valence-electron chi connectivity index (χ1n) is 8.69. The molecule has 3 amide bonds. The Bertz CT molecular complexity index is 552. The summed E-state index contributed by atoms with van der Waals surface area (Å²) in [5.41, 5.74) is 1.74. The van der Waals surface area contributed by atoms with E-state index in [1.165, 1.54) is 0 Å². The lowest BCUT2D eigenvalue weighted by Gasteiger charge is -2.30. The Hall–Kier alpha value is -1.67. The zero-order chi connectivity index (χ0) is 17.6. The van der Waals surface area contributed by atoms with Gasteiger partial charge in [-0.25, -0.2) is 5.48 Å². The highest BCUT2D eigenvalue weighted by Crippen LogP contribution is 2.41. The molecule has 8 heteroatoms. The molecule has 0 aromatic heterocycles. The lowest BCUT2D eigenvalue weighted by Crippen LogP contribution is -2.55. The molecule has 0 aromatic carbocycles. The Morgan fingerprint density at radius 1 is 1.42 bits per heavy atom. The van der Waals surface area contributed by atoms with E-state index in [4.69, 9.17) is 0 Å². The van der Waals surface area contributed by atoms with Crippen LogP contribution in [0.3, 0.4) is 0 Å². The summed E-state index contributed by atoms with van der Waals surface area (Å²) in [4.78, 5) is 41.1. The van der Waals surface area contributed by atoms with Gasteiger partial charge in [0, 0.05) is 0 Å². The minimum atomic E-state index is -0.689. The summed E-state index contributed by atoms with van der Waals surface area (Å²) in [6.45, 7) is 6.45. The van der Waals surface area contributed by atoms with Gasteiger partial charge in [-0.05, 0) is 38.6 Å². The van der Waals surface area contributed by atoms with Crippen molar-refractivity contribution in [2.75, 3.05) is 6.54 Å². The molecule has 0 spiro atoms. The van der Waals surface area contributed by atoms with E-state index in [-0.39, 0.29) is 23.9 Å². The van der Waals surface area contributed by atoms with Gasteiger partial charge in [-0.2, -0.15) is 0 Å². The maximum atomic E-state index is 12.7. The lowest BCUT2D eigenvalue weighted by atomic mass is 10.0. The molecule has 0 bridgehead atoms. The largest absolute Gasteiger partial charge is 0.343 e. The smallest absolute Gasteiger partial charge is 0.262 e. The second kappa shape index (κ2) is 6.33. The molecule has 5 atom stereocenters. The van der Waals surface area contributed by atoms with E-state index in [1.807, 2.05) is 4.90 Å². The first-order valence-corrected chi connectivity index (χ1v) is 8.69. The zero-order valence-electron chi connectivity index (χ0n) is 14.4. The second-order valence-corrected chi connectivity index (χ2v) is 7.48. The van der Waals surface area contributed by atoms with Crippen LogP contribution in [0.25, 0.3) is 0 Å². The minimum Gasteiger partial charge on any atom is -0.343 e. The van der Waals surface area contributed by atoms with Crippen molar-refractivity contribution < 1.29 is 19.6 Å². The van der Waals surface area contributed by atoms with Gasteiger partial charge >= 0.3 is 0 Å². The van der Waals surface area contributed by atoms with Crippen LogP contribution in [0.15, 0.2) is 0 Å². The van der Waals surface area contributed by atoms with Crippen LogP contribution in [0.4, 0.5) is 0 Å². The Kier molecular flexibility index (Phi) is 4.52. The molecule has 3 fully saturated rings. The molecular weight excluding hydrogens is 312 g/mol. The number of rotatable bonds is 3. The van der Waals surface area contributed by atoms with Gasteiger partial charge in [0.1, 0.15) is 12.1 Å². The first kappa shape index (κ1) is 17.2. The van der Waals surface area contributed by atoms with Gasteiger partial charge in [-0.1, -0.05) is 13.8 Å². The van der Waals surface area contributed by atoms with Crippen molar-refractivity contribution in [3.63, 3.8) is 0 Å². The average Bonchev–Trinajstić information content (AvgIpc) is 2.96. The molecule has 0 radical (unpaired) electrons. The summed E-state index contributed by atoms with van der Waals surface area (Å²) in [6, 6.07) is -2.04. The van der Waals surface area contributed by atoms with Crippen LogP contribution < -0.4 is 10.8 Å². The molecule has 3 saturated heterocycles. The number of nitrogens with one attached hydrogen (secondary N) is 2. The fourth-order valence-corrected chi connectivity index (χ4v) is 4.28. The molecule has 3 rings (SSSR count). The minimum absolute atomic E-state index is 0.0292. The number of nitrogens with zero attached hydrogens (tertiary/aromatic N) is 2. The topological polar surface area (TPSA) is 102 Å². The maximum Gasteiger partial charge on any atom is 0.262 e. The van der Waals surface area contributed by atoms with Crippen LogP contribution in [-0.4, -0.2) is 69.5 Å². The summed E-state index contributed by atoms with van der Waals surface area (Å²) in [6.07, 6.45) is 2.27. The predicted octanol–water partition coefficient (Wildman–Crippen LogP) is -0.531. The number of carbonyl (C=O) groups excluding carboxylic acids is 3. The summed E-state index contributed by atoms with van der Waals surface area (Å²) in [5.74, 6) is -0.531. The molecule has 0 unspecified atom stereocenters. The van der Waals surface area contributed by atoms with Crippen LogP contribution in [0.2, 0.25) is 0 Å². The van der Waals surface area contributed by atoms with Gasteiger partial charge in [-0.3, -0.25) is 24.5 Å². The van der Waals surface area contributed by atoms with Crippen molar-refractivity contribution >= 4 is 17.7 Å². The summed E-state index contributed by atoms with van der Waals surface area (Å²) < 4.78 is 0. The third-order valence-electron chi connectivity index (χ3n) is 5.34. The van der Waals surface area contributed by atoms with E-state index in [9.17, 15) is 19.6 Å². The summed E-state index contributed by atoms with van der Waals surface area (Å²) in [5, 5.41) is 12.0. The molecule has 134 valence electrons. The molecule has 0 aliphatic carbocycles. The number of fused-ring (bicyclic) bond motifs is 2. The second-order valence-electron chi connectivity index (χ2n) is 7.48. The van der Waals surface area contributed by atoms with Gasteiger partial charge in [-0.15, -0.1) is 0 Å². The summed E-state index contributed by atoms with van der Waals surface area (Å²) in [7, 11) is 0. The Morgan fingerprint density at radius 3 is 2.75 bits per heavy atom. The van der Waals surface area contributed by atoms with Crippen LogP contribution in [0.1, 0.15) is 40.0 Å². The number of hydrogen-bond acceptors (Lipinski definition) is 5. The number of amides is 3. The predicted molar refractivity (Wildman–Crippen MR) is 84.9 cm³/mol. The van der Waals surface area contributed by atoms with Crippen molar-refractivity contribution in [2.24, 2.45) is 5.92 Å². The van der Waals surface area contributed by atoms with E-state index in [0.29, 0.717) is 18.9 Å².